The Hall–Kier alpha value is -3.10. The number of carbonyl (C=O) groups is 2. The Balaban J connectivity index is 1.37. The van der Waals surface area contributed by atoms with E-state index in [4.69, 9.17) is 9.47 Å². The van der Waals surface area contributed by atoms with Crippen molar-refractivity contribution in [3.05, 3.63) is 48.5 Å². The van der Waals surface area contributed by atoms with Gasteiger partial charge in [-0.15, -0.1) is 0 Å². The van der Waals surface area contributed by atoms with Crippen molar-refractivity contribution in [2.24, 2.45) is 0 Å². The minimum absolute atomic E-state index is 0.0478. The molecule has 8 heteroatoms. The molecule has 1 fully saturated rings. The van der Waals surface area contributed by atoms with Gasteiger partial charge in [0.25, 0.3) is 0 Å². The second-order valence-electron chi connectivity index (χ2n) is 7.34. The molecular weight excluding hydrogens is 396 g/mol. The van der Waals surface area contributed by atoms with E-state index in [1.54, 1.807) is 13.2 Å². The summed E-state index contributed by atoms with van der Waals surface area (Å²) >= 11 is 0. The summed E-state index contributed by atoms with van der Waals surface area (Å²) in [6, 6.07) is 14.7. The highest BCUT2D eigenvalue weighted by atomic mass is 16.5. The molecule has 0 bridgehead atoms. The van der Waals surface area contributed by atoms with Crippen LogP contribution in [0.2, 0.25) is 0 Å². The first-order chi connectivity index (χ1) is 15.1. The van der Waals surface area contributed by atoms with Gasteiger partial charge < -0.3 is 20.1 Å². The minimum Gasteiger partial charge on any atom is -0.497 e. The molecule has 8 nitrogen and oxygen atoms in total. The van der Waals surface area contributed by atoms with E-state index in [1.807, 2.05) is 49.4 Å². The summed E-state index contributed by atoms with van der Waals surface area (Å²) in [6.07, 6.45) is 0. The van der Waals surface area contributed by atoms with E-state index in [0.29, 0.717) is 31.1 Å². The quantitative estimate of drug-likeness (QED) is 0.640. The average molecular weight is 427 g/mol. The highest BCUT2D eigenvalue weighted by Crippen LogP contribution is 2.17. The summed E-state index contributed by atoms with van der Waals surface area (Å²) in [7, 11) is 1.60. The van der Waals surface area contributed by atoms with Gasteiger partial charge in [0, 0.05) is 43.6 Å². The van der Waals surface area contributed by atoms with E-state index < -0.39 is 0 Å². The molecule has 1 heterocycles. The summed E-state index contributed by atoms with van der Waals surface area (Å²) < 4.78 is 10.6. The van der Waals surface area contributed by atoms with Crippen LogP contribution < -0.4 is 20.1 Å². The number of nitrogens with zero attached hydrogens (tertiary/aromatic N) is 2. The predicted molar refractivity (Wildman–Crippen MR) is 121 cm³/mol. The maximum absolute atomic E-state index is 12.3. The van der Waals surface area contributed by atoms with Crippen molar-refractivity contribution in [1.82, 2.24) is 9.80 Å². The van der Waals surface area contributed by atoms with Crippen LogP contribution in [0, 0.1) is 0 Å². The van der Waals surface area contributed by atoms with E-state index in [1.165, 1.54) is 0 Å². The van der Waals surface area contributed by atoms with Crippen LogP contribution in [0.3, 0.4) is 0 Å². The second kappa shape index (κ2) is 11.3. The first kappa shape index (κ1) is 22.6. The molecule has 1 aliphatic heterocycles. The van der Waals surface area contributed by atoms with E-state index in [2.05, 4.69) is 20.4 Å². The summed E-state index contributed by atoms with van der Waals surface area (Å²) in [5.41, 5.74) is 1.47. The highest BCUT2D eigenvalue weighted by Gasteiger charge is 2.20. The fourth-order valence-corrected chi connectivity index (χ4v) is 3.41. The van der Waals surface area contributed by atoms with Gasteiger partial charge in [0.1, 0.15) is 11.5 Å². The zero-order chi connectivity index (χ0) is 22.1. The van der Waals surface area contributed by atoms with Crippen molar-refractivity contribution >= 4 is 23.2 Å². The second-order valence-corrected chi connectivity index (χ2v) is 7.34. The molecule has 0 unspecified atom stereocenters. The van der Waals surface area contributed by atoms with E-state index in [-0.39, 0.29) is 11.8 Å². The van der Waals surface area contributed by atoms with Gasteiger partial charge in [0.15, 0.2) is 0 Å². The number of ether oxygens (including phenoxy) is 2. The Bertz CT molecular complexity index is 864. The lowest BCUT2D eigenvalue weighted by molar-refractivity contribution is -0.120. The molecule has 2 aromatic carbocycles. The highest BCUT2D eigenvalue weighted by molar-refractivity contribution is 5.93. The van der Waals surface area contributed by atoms with Crippen molar-refractivity contribution in [2.75, 3.05) is 63.6 Å². The van der Waals surface area contributed by atoms with Gasteiger partial charge in [-0.1, -0.05) is 6.07 Å². The van der Waals surface area contributed by atoms with E-state index in [0.717, 1.165) is 37.6 Å². The molecule has 2 amide bonds. The third kappa shape index (κ3) is 7.27. The summed E-state index contributed by atoms with van der Waals surface area (Å²) in [5.74, 6) is 1.38. The number of rotatable bonds is 9. The molecule has 2 aromatic rings. The Morgan fingerprint density at radius 1 is 0.839 bits per heavy atom. The number of methoxy groups -OCH3 is 1. The van der Waals surface area contributed by atoms with Gasteiger partial charge in [-0.3, -0.25) is 19.4 Å². The van der Waals surface area contributed by atoms with Gasteiger partial charge in [-0.05, 0) is 43.3 Å². The van der Waals surface area contributed by atoms with Crippen molar-refractivity contribution < 1.29 is 19.1 Å². The molecular formula is C23H30N4O4. The predicted octanol–water partition coefficient (Wildman–Crippen LogP) is 2.29. The number of amides is 2. The van der Waals surface area contributed by atoms with Crippen LogP contribution in [0.15, 0.2) is 48.5 Å². The molecule has 0 radical (unpaired) electrons. The van der Waals surface area contributed by atoms with Gasteiger partial charge in [0.2, 0.25) is 11.8 Å². The summed E-state index contributed by atoms with van der Waals surface area (Å²) in [5, 5.41) is 5.81. The lowest BCUT2D eigenvalue weighted by Gasteiger charge is -2.33. The monoisotopic (exact) mass is 426 g/mol. The van der Waals surface area contributed by atoms with Crippen LogP contribution in [-0.4, -0.2) is 74.6 Å². The number of hydrogen-bond acceptors (Lipinski definition) is 6. The number of benzene rings is 2. The largest absolute Gasteiger partial charge is 0.497 e. The Morgan fingerprint density at radius 3 is 1.97 bits per heavy atom. The first-order valence-corrected chi connectivity index (χ1v) is 10.5. The number of hydrogen-bond donors (Lipinski definition) is 2. The zero-order valence-corrected chi connectivity index (χ0v) is 18.1. The van der Waals surface area contributed by atoms with Crippen LogP contribution in [-0.2, 0) is 9.59 Å². The molecule has 0 saturated carbocycles. The number of piperazine rings is 1. The van der Waals surface area contributed by atoms with Crippen LogP contribution in [0.25, 0.3) is 0 Å². The molecule has 0 spiro atoms. The Kier molecular flexibility index (Phi) is 8.26. The molecule has 1 saturated heterocycles. The topological polar surface area (TPSA) is 83.1 Å². The Morgan fingerprint density at radius 2 is 1.42 bits per heavy atom. The lowest BCUT2D eigenvalue weighted by Crippen LogP contribution is -2.50. The molecule has 1 aliphatic rings. The molecule has 31 heavy (non-hydrogen) atoms. The maximum Gasteiger partial charge on any atom is 0.238 e. The lowest BCUT2D eigenvalue weighted by atomic mass is 10.2. The van der Waals surface area contributed by atoms with Gasteiger partial charge in [-0.2, -0.15) is 0 Å². The fraction of sp³-hybridized carbons (Fsp3) is 0.391. The molecule has 0 aliphatic carbocycles. The van der Waals surface area contributed by atoms with Gasteiger partial charge in [0.05, 0.1) is 26.8 Å². The van der Waals surface area contributed by atoms with Crippen molar-refractivity contribution in [1.29, 1.82) is 0 Å². The fourth-order valence-electron chi connectivity index (χ4n) is 3.41. The molecule has 2 N–H and O–H groups in total. The third-order valence-electron chi connectivity index (χ3n) is 5.00. The number of carbonyl (C=O) groups excluding carboxylic acids is 2. The molecule has 166 valence electrons. The van der Waals surface area contributed by atoms with Crippen LogP contribution in [0.4, 0.5) is 11.4 Å². The standard InChI is InChI=1S/C23H30N4O4/c1-3-31-20-9-7-18(8-10-20)24-22(28)16-26-11-13-27(14-12-26)17-23(29)25-19-5-4-6-21(15-19)30-2/h4-10,15H,3,11-14,16-17H2,1-2H3,(H,24,28)(H,25,29). The van der Waals surface area contributed by atoms with Crippen molar-refractivity contribution in [2.45, 2.75) is 6.92 Å². The SMILES string of the molecule is CCOc1ccc(NC(=O)CN2CCN(CC(=O)Nc3cccc(OC)c3)CC2)cc1. The molecule has 3 rings (SSSR count). The minimum atomic E-state index is -0.0602. The smallest absolute Gasteiger partial charge is 0.238 e. The van der Waals surface area contributed by atoms with Crippen LogP contribution in [0.5, 0.6) is 11.5 Å². The zero-order valence-electron chi connectivity index (χ0n) is 18.1. The van der Waals surface area contributed by atoms with Crippen LogP contribution >= 0.6 is 0 Å². The molecule has 0 aromatic heterocycles. The normalized spacial score (nSPS) is 14.6. The summed E-state index contributed by atoms with van der Waals surface area (Å²) in [4.78, 5) is 28.9. The van der Waals surface area contributed by atoms with Crippen molar-refractivity contribution in [3.63, 3.8) is 0 Å². The van der Waals surface area contributed by atoms with E-state index >= 15 is 0 Å². The first-order valence-electron chi connectivity index (χ1n) is 10.5. The van der Waals surface area contributed by atoms with Crippen LogP contribution in [0.1, 0.15) is 6.92 Å². The maximum atomic E-state index is 12.3. The van der Waals surface area contributed by atoms with Gasteiger partial charge in [-0.25, -0.2) is 0 Å². The summed E-state index contributed by atoms with van der Waals surface area (Å²) in [6.45, 7) is 6.15. The average Bonchev–Trinajstić information content (AvgIpc) is 2.77. The number of anilines is 2. The van der Waals surface area contributed by atoms with E-state index in [9.17, 15) is 9.59 Å². The van der Waals surface area contributed by atoms with Crippen molar-refractivity contribution in [3.8, 4) is 11.5 Å². The Labute approximate surface area is 183 Å². The molecule has 0 atom stereocenters. The third-order valence-corrected chi connectivity index (χ3v) is 5.00. The number of nitrogens with one attached hydrogen (secondary N) is 2. The van der Waals surface area contributed by atoms with Gasteiger partial charge >= 0.3 is 0 Å².